The minimum Gasteiger partial charge on any atom is -0.385 e. The average Bonchev–Trinajstić information content (AvgIpc) is 2.59. The minimum atomic E-state index is 0.221. The van der Waals surface area contributed by atoms with E-state index in [2.05, 4.69) is 35.2 Å². The van der Waals surface area contributed by atoms with Crippen LogP contribution in [0.5, 0.6) is 0 Å². The fourth-order valence-electron chi connectivity index (χ4n) is 4.05. The first-order chi connectivity index (χ1) is 11.8. The fraction of sp³-hybridized carbons (Fsp3) is 0.650. The highest BCUT2D eigenvalue weighted by molar-refractivity contribution is 5.81. The van der Waals surface area contributed by atoms with Crippen LogP contribution >= 0.6 is 0 Å². The van der Waals surface area contributed by atoms with Gasteiger partial charge in [-0.3, -0.25) is 9.69 Å². The predicted molar refractivity (Wildman–Crippen MR) is 93.8 cm³/mol. The molecule has 2 aliphatic rings. The Morgan fingerprint density at radius 1 is 1.17 bits per heavy atom. The van der Waals surface area contributed by atoms with Crippen molar-refractivity contribution in [2.24, 2.45) is 5.92 Å². The molecule has 1 aromatic rings. The first-order valence-corrected chi connectivity index (χ1v) is 9.17. The molecule has 0 N–H and O–H groups in total. The van der Waals surface area contributed by atoms with Gasteiger partial charge in [0.15, 0.2) is 0 Å². The Morgan fingerprint density at radius 2 is 1.88 bits per heavy atom. The van der Waals surface area contributed by atoms with Crippen LogP contribution in [0.25, 0.3) is 0 Å². The first kappa shape index (κ1) is 17.6. The van der Waals surface area contributed by atoms with E-state index < -0.39 is 0 Å². The summed E-state index contributed by atoms with van der Waals surface area (Å²) < 4.78 is 10.8. The highest BCUT2D eigenvalue weighted by Gasteiger charge is 2.40. The van der Waals surface area contributed by atoms with Gasteiger partial charge in [0.25, 0.3) is 0 Å². The van der Waals surface area contributed by atoms with Gasteiger partial charge in [-0.2, -0.15) is 0 Å². The lowest BCUT2D eigenvalue weighted by Gasteiger charge is -2.48. The smallest absolute Gasteiger partial charge is 0.136 e. The number of rotatable bonds is 8. The number of carbonyl (C=O) groups is 1. The Morgan fingerprint density at radius 3 is 2.54 bits per heavy atom. The van der Waals surface area contributed by atoms with E-state index >= 15 is 0 Å². The number of ether oxygens (including phenoxy) is 2. The molecule has 0 aromatic heterocycles. The summed E-state index contributed by atoms with van der Waals surface area (Å²) in [6, 6.07) is 11.4. The second-order valence-electron chi connectivity index (χ2n) is 7.09. The Hall–Kier alpha value is -1.23. The number of benzene rings is 1. The second-order valence-corrected chi connectivity index (χ2v) is 7.09. The van der Waals surface area contributed by atoms with Crippen LogP contribution in [0.15, 0.2) is 30.3 Å². The van der Waals surface area contributed by atoms with Crippen molar-refractivity contribution in [3.8, 4) is 0 Å². The molecule has 24 heavy (non-hydrogen) atoms. The van der Waals surface area contributed by atoms with E-state index in [0.717, 1.165) is 52.0 Å². The van der Waals surface area contributed by atoms with E-state index in [9.17, 15) is 4.79 Å². The average molecular weight is 331 g/mol. The molecule has 4 nitrogen and oxygen atoms in total. The van der Waals surface area contributed by atoms with E-state index in [-0.39, 0.29) is 5.92 Å². The molecule has 0 spiro atoms. The first-order valence-electron chi connectivity index (χ1n) is 9.17. The lowest BCUT2D eigenvalue weighted by atomic mass is 9.81. The molecule has 0 radical (unpaired) electrons. The number of nitrogens with zero attached hydrogens (tertiary/aromatic N) is 1. The van der Waals surface area contributed by atoms with E-state index in [0.29, 0.717) is 24.3 Å². The molecule has 0 amide bonds. The van der Waals surface area contributed by atoms with Gasteiger partial charge in [0, 0.05) is 44.7 Å². The molecule has 2 unspecified atom stereocenters. The molecule has 132 valence electrons. The van der Waals surface area contributed by atoms with Crippen LogP contribution in [0.1, 0.15) is 37.7 Å². The topological polar surface area (TPSA) is 38.8 Å². The third-order valence-electron chi connectivity index (χ3n) is 5.36. The van der Waals surface area contributed by atoms with E-state index in [1.807, 2.05) is 0 Å². The lowest BCUT2D eigenvalue weighted by molar-refractivity contribution is -0.133. The number of methoxy groups -OCH3 is 1. The molecule has 2 heterocycles. The number of morpholine rings is 1. The summed E-state index contributed by atoms with van der Waals surface area (Å²) in [6.07, 6.45) is 4.53. The van der Waals surface area contributed by atoms with Crippen molar-refractivity contribution >= 4 is 5.78 Å². The van der Waals surface area contributed by atoms with Crippen LogP contribution < -0.4 is 0 Å². The minimum absolute atomic E-state index is 0.221. The van der Waals surface area contributed by atoms with Crippen LogP contribution in [0.4, 0.5) is 0 Å². The van der Waals surface area contributed by atoms with Crippen LogP contribution in [0, 0.1) is 5.92 Å². The number of piperidine rings is 1. The van der Waals surface area contributed by atoms with Crippen LogP contribution in [0.3, 0.4) is 0 Å². The van der Waals surface area contributed by atoms with Gasteiger partial charge in [-0.15, -0.1) is 0 Å². The Bertz CT molecular complexity index is 505. The number of carbonyl (C=O) groups excluding carboxylic acids is 1. The van der Waals surface area contributed by atoms with Crippen molar-refractivity contribution in [1.82, 2.24) is 4.90 Å². The number of ketones is 1. The molecular formula is C20H29NO3. The number of fused-ring (bicyclic) bond motifs is 2. The maximum absolute atomic E-state index is 12.6. The van der Waals surface area contributed by atoms with Gasteiger partial charge in [-0.1, -0.05) is 30.3 Å². The third-order valence-corrected chi connectivity index (χ3v) is 5.36. The summed E-state index contributed by atoms with van der Waals surface area (Å²) in [6.45, 7) is 3.24. The van der Waals surface area contributed by atoms with Gasteiger partial charge in [0.05, 0.1) is 13.2 Å². The number of Topliss-reactive ketones (excluding diaryl/α,β-unsaturated/α-hetero) is 1. The second kappa shape index (κ2) is 8.75. The van der Waals surface area contributed by atoms with Crippen LogP contribution in [-0.2, 0) is 20.8 Å². The molecule has 0 aliphatic carbocycles. The van der Waals surface area contributed by atoms with Crippen LogP contribution in [0.2, 0.25) is 0 Å². The Balaban J connectivity index is 1.56. The van der Waals surface area contributed by atoms with Gasteiger partial charge in [-0.05, 0) is 31.2 Å². The maximum Gasteiger partial charge on any atom is 0.136 e. The summed E-state index contributed by atoms with van der Waals surface area (Å²) in [4.78, 5) is 15.1. The number of hydrogen-bond acceptors (Lipinski definition) is 4. The van der Waals surface area contributed by atoms with Gasteiger partial charge < -0.3 is 9.47 Å². The Labute approximate surface area is 145 Å². The zero-order chi connectivity index (χ0) is 16.8. The van der Waals surface area contributed by atoms with Gasteiger partial charge in [0.2, 0.25) is 0 Å². The van der Waals surface area contributed by atoms with Gasteiger partial charge in [0.1, 0.15) is 5.78 Å². The van der Waals surface area contributed by atoms with E-state index in [1.165, 1.54) is 5.56 Å². The fourth-order valence-corrected chi connectivity index (χ4v) is 4.05. The SMILES string of the molecule is COCCCCC(=O)C1CC2COCC(C1)N2Cc1ccccc1. The maximum atomic E-state index is 12.6. The standard InChI is InChI=1S/C20H29NO3/c1-23-10-6-5-9-20(22)17-11-18-14-24-15-19(12-17)21(18)13-16-7-3-2-4-8-16/h2-4,7-8,17-19H,5-6,9-15H2,1H3. The van der Waals surface area contributed by atoms with Gasteiger partial charge >= 0.3 is 0 Å². The van der Waals surface area contributed by atoms with E-state index in [1.54, 1.807) is 7.11 Å². The number of hydrogen-bond donors (Lipinski definition) is 0. The molecule has 4 heteroatoms. The molecule has 2 bridgehead atoms. The molecule has 2 fully saturated rings. The third kappa shape index (κ3) is 4.44. The van der Waals surface area contributed by atoms with E-state index in [4.69, 9.17) is 9.47 Å². The Kier molecular flexibility index (Phi) is 6.41. The molecule has 2 atom stereocenters. The predicted octanol–water partition coefficient (Wildman–Crippen LogP) is 3.05. The lowest BCUT2D eigenvalue weighted by Crippen LogP contribution is -2.57. The summed E-state index contributed by atoms with van der Waals surface area (Å²) in [5, 5.41) is 0. The van der Waals surface area contributed by atoms with Crippen molar-refractivity contribution < 1.29 is 14.3 Å². The zero-order valence-corrected chi connectivity index (χ0v) is 14.7. The summed E-state index contributed by atoms with van der Waals surface area (Å²) in [5.74, 6) is 0.667. The zero-order valence-electron chi connectivity index (χ0n) is 14.7. The van der Waals surface area contributed by atoms with Crippen molar-refractivity contribution in [3.63, 3.8) is 0 Å². The quantitative estimate of drug-likeness (QED) is 0.686. The van der Waals surface area contributed by atoms with Crippen LogP contribution in [-0.4, -0.2) is 49.7 Å². The number of unbranched alkanes of at least 4 members (excludes halogenated alkanes) is 1. The molecular weight excluding hydrogens is 302 g/mol. The summed E-state index contributed by atoms with van der Waals surface area (Å²) in [5.41, 5.74) is 1.35. The van der Waals surface area contributed by atoms with Gasteiger partial charge in [-0.25, -0.2) is 0 Å². The normalized spacial score (nSPS) is 27.1. The van der Waals surface area contributed by atoms with Crippen molar-refractivity contribution in [2.45, 2.75) is 50.7 Å². The molecule has 0 saturated carbocycles. The largest absolute Gasteiger partial charge is 0.385 e. The monoisotopic (exact) mass is 331 g/mol. The molecule has 2 aliphatic heterocycles. The van der Waals surface area contributed by atoms with Crippen molar-refractivity contribution in [3.05, 3.63) is 35.9 Å². The highest BCUT2D eigenvalue weighted by atomic mass is 16.5. The molecule has 1 aromatic carbocycles. The molecule has 2 saturated heterocycles. The summed E-state index contributed by atoms with van der Waals surface area (Å²) in [7, 11) is 1.71. The summed E-state index contributed by atoms with van der Waals surface area (Å²) >= 11 is 0. The van der Waals surface area contributed by atoms with Crippen molar-refractivity contribution in [2.75, 3.05) is 26.9 Å². The highest BCUT2D eigenvalue weighted by Crippen LogP contribution is 2.34. The van der Waals surface area contributed by atoms with Crippen molar-refractivity contribution in [1.29, 1.82) is 0 Å². The molecule has 3 rings (SSSR count).